The molecule has 194 valence electrons. The van der Waals surface area contributed by atoms with Crippen molar-refractivity contribution in [1.29, 1.82) is 0 Å². The largest absolute Gasteiger partial charge is 0.474 e. The molecule has 2 fully saturated rings. The van der Waals surface area contributed by atoms with Gasteiger partial charge in [0.2, 0.25) is 11.7 Å². The lowest BCUT2D eigenvalue weighted by Crippen LogP contribution is -2.50. The van der Waals surface area contributed by atoms with Crippen molar-refractivity contribution >= 4 is 11.0 Å². The van der Waals surface area contributed by atoms with Crippen molar-refractivity contribution < 1.29 is 17.9 Å². The third kappa shape index (κ3) is 4.76. The molecule has 1 saturated carbocycles. The number of halogens is 3. The third-order valence-corrected chi connectivity index (χ3v) is 7.19. The first-order chi connectivity index (χ1) is 17.9. The van der Waals surface area contributed by atoms with Gasteiger partial charge in [-0.15, -0.1) is 0 Å². The second-order valence-electron chi connectivity index (χ2n) is 9.53. The van der Waals surface area contributed by atoms with Crippen LogP contribution in [0.1, 0.15) is 43.2 Å². The molecule has 5 heterocycles. The summed E-state index contributed by atoms with van der Waals surface area (Å²) >= 11 is 0. The molecule has 1 aliphatic heterocycles. The standard InChI is InChI=1S/C24H26F3N9O/c25-24(26,27)23-33-15(10-28)7-20(34-23)37-18-2-5-35(6-3-18)16-8-17(9-16)36-12-14(11-32-36)21-19-1-4-29-22(19)31-13-30-21/h1,4,7,11-13,16-18H,2-3,5-6,8-10,28H2,(H,29,30,31). The van der Waals surface area contributed by atoms with Crippen LogP contribution in [-0.4, -0.2) is 64.8 Å². The first-order valence-corrected chi connectivity index (χ1v) is 12.3. The van der Waals surface area contributed by atoms with Crippen molar-refractivity contribution in [1.82, 2.24) is 39.6 Å². The Balaban J connectivity index is 1.03. The molecule has 0 bridgehead atoms. The molecule has 1 aliphatic carbocycles. The fourth-order valence-corrected chi connectivity index (χ4v) is 5.13. The molecular weight excluding hydrogens is 487 g/mol. The molecule has 0 spiro atoms. The van der Waals surface area contributed by atoms with Crippen LogP contribution < -0.4 is 10.5 Å². The quantitative estimate of drug-likeness (QED) is 0.402. The van der Waals surface area contributed by atoms with E-state index in [1.165, 1.54) is 6.07 Å². The van der Waals surface area contributed by atoms with Crippen molar-refractivity contribution in [2.24, 2.45) is 5.73 Å². The van der Waals surface area contributed by atoms with Gasteiger partial charge < -0.3 is 15.5 Å². The Hall–Kier alpha value is -3.58. The molecule has 0 radical (unpaired) electrons. The van der Waals surface area contributed by atoms with E-state index in [0.29, 0.717) is 12.1 Å². The van der Waals surface area contributed by atoms with E-state index in [1.807, 2.05) is 29.3 Å². The number of piperidine rings is 1. The van der Waals surface area contributed by atoms with Crippen LogP contribution in [0.4, 0.5) is 13.2 Å². The second-order valence-corrected chi connectivity index (χ2v) is 9.53. The van der Waals surface area contributed by atoms with Crippen molar-refractivity contribution in [2.75, 3.05) is 13.1 Å². The van der Waals surface area contributed by atoms with Crippen molar-refractivity contribution in [3.05, 3.63) is 48.6 Å². The Morgan fingerprint density at radius 3 is 2.68 bits per heavy atom. The van der Waals surface area contributed by atoms with Gasteiger partial charge in [-0.1, -0.05) is 0 Å². The van der Waals surface area contributed by atoms with Gasteiger partial charge >= 0.3 is 6.18 Å². The number of hydrogen-bond acceptors (Lipinski definition) is 8. The van der Waals surface area contributed by atoms with Crippen LogP contribution >= 0.6 is 0 Å². The molecule has 4 aromatic rings. The minimum absolute atomic E-state index is 0.0694. The van der Waals surface area contributed by atoms with Gasteiger partial charge in [0.1, 0.15) is 18.1 Å². The van der Waals surface area contributed by atoms with Crippen molar-refractivity contribution in [3.8, 4) is 17.1 Å². The molecule has 13 heteroatoms. The van der Waals surface area contributed by atoms with Crippen LogP contribution in [0.2, 0.25) is 0 Å². The molecule has 0 unspecified atom stereocenters. The average molecular weight is 514 g/mol. The first kappa shape index (κ1) is 23.8. The Bertz CT molecular complexity index is 1390. The summed E-state index contributed by atoms with van der Waals surface area (Å²) in [6.07, 6.45) is 5.88. The number of aromatic nitrogens is 7. The Kier molecular flexibility index (Phi) is 6.03. The van der Waals surface area contributed by atoms with E-state index in [1.54, 1.807) is 6.33 Å². The molecule has 37 heavy (non-hydrogen) atoms. The lowest BCUT2D eigenvalue weighted by atomic mass is 9.84. The zero-order valence-electron chi connectivity index (χ0n) is 19.9. The molecular formula is C24H26F3N9O. The summed E-state index contributed by atoms with van der Waals surface area (Å²) in [6.45, 7) is 1.52. The smallest absolute Gasteiger partial charge is 0.451 e. The zero-order chi connectivity index (χ0) is 25.6. The monoisotopic (exact) mass is 513 g/mol. The summed E-state index contributed by atoms with van der Waals surface area (Å²) in [5, 5.41) is 5.56. The van der Waals surface area contributed by atoms with Gasteiger partial charge in [-0.3, -0.25) is 9.58 Å². The molecule has 0 aromatic carbocycles. The fraction of sp³-hybridized carbons (Fsp3) is 0.458. The van der Waals surface area contributed by atoms with Gasteiger partial charge in [-0.05, 0) is 31.7 Å². The van der Waals surface area contributed by atoms with Crippen LogP contribution in [0.25, 0.3) is 22.3 Å². The fourth-order valence-electron chi connectivity index (χ4n) is 5.13. The molecule has 1 saturated heterocycles. The number of rotatable bonds is 6. The number of hydrogen-bond donors (Lipinski definition) is 2. The Labute approximate surface area is 210 Å². The van der Waals surface area contributed by atoms with Gasteiger partial charge in [0, 0.05) is 55.1 Å². The maximum absolute atomic E-state index is 13.1. The minimum Gasteiger partial charge on any atom is -0.474 e. The summed E-state index contributed by atoms with van der Waals surface area (Å²) in [5.41, 5.74) is 8.24. The highest BCUT2D eigenvalue weighted by molar-refractivity contribution is 5.89. The average Bonchev–Trinajstić information content (AvgIpc) is 3.53. The van der Waals surface area contributed by atoms with E-state index in [2.05, 4.69) is 34.9 Å². The summed E-state index contributed by atoms with van der Waals surface area (Å²) in [4.78, 5) is 21.3. The molecule has 2 aliphatic rings. The SMILES string of the molecule is NCc1cc(OC2CCN(C3CC(n4cc(-c5ncnc6[nH]ccc56)cn4)C3)CC2)nc(C(F)(F)F)n1. The van der Waals surface area contributed by atoms with Gasteiger partial charge in [0.15, 0.2) is 0 Å². The van der Waals surface area contributed by atoms with Crippen LogP contribution in [0.15, 0.2) is 37.1 Å². The topological polar surface area (TPSA) is 124 Å². The maximum Gasteiger partial charge on any atom is 0.451 e. The first-order valence-electron chi connectivity index (χ1n) is 12.3. The summed E-state index contributed by atoms with van der Waals surface area (Å²) < 4.78 is 47.1. The molecule has 6 rings (SSSR count). The predicted octanol–water partition coefficient (Wildman–Crippen LogP) is 3.34. The number of H-pyrrole nitrogens is 1. The van der Waals surface area contributed by atoms with Gasteiger partial charge in [0.05, 0.1) is 23.6 Å². The van der Waals surface area contributed by atoms with E-state index in [4.69, 9.17) is 10.5 Å². The summed E-state index contributed by atoms with van der Waals surface area (Å²) in [6, 6.07) is 4.13. The third-order valence-electron chi connectivity index (χ3n) is 7.19. The summed E-state index contributed by atoms with van der Waals surface area (Å²) in [7, 11) is 0. The zero-order valence-corrected chi connectivity index (χ0v) is 19.9. The van der Waals surface area contributed by atoms with Crippen molar-refractivity contribution in [3.63, 3.8) is 0 Å². The highest BCUT2D eigenvalue weighted by Gasteiger charge is 2.38. The number of nitrogens with two attached hydrogens (primary N) is 1. The Morgan fingerprint density at radius 2 is 1.92 bits per heavy atom. The van der Waals surface area contributed by atoms with E-state index in [0.717, 1.165) is 61.1 Å². The van der Waals surface area contributed by atoms with E-state index in [9.17, 15) is 13.2 Å². The van der Waals surface area contributed by atoms with Crippen LogP contribution in [-0.2, 0) is 12.7 Å². The summed E-state index contributed by atoms with van der Waals surface area (Å²) in [5.74, 6) is -1.29. The normalized spacial score (nSPS) is 21.3. The number of ether oxygens (including phenoxy) is 1. The number of aromatic amines is 1. The molecule has 0 atom stereocenters. The van der Waals surface area contributed by atoms with E-state index in [-0.39, 0.29) is 24.2 Å². The highest BCUT2D eigenvalue weighted by atomic mass is 19.4. The highest BCUT2D eigenvalue weighted by Crippen LogP contribution is 2.38. The number of alkyl halides is 3. The molecule has 4 aromatic heterocycles. The van der Waals surface area contributed by atoms with E-state index < -0.39 is 12.0 Å². The molecule has 0 amide bonds. The minimum atomic E-state index is -4.65. The number of nitrogens with zero attached hydrogens (tertiary/aromatic N) is 7. The van der Waals surface area contributed by atoms with Crippen molar-refractivity contribution in [2.45, 2.75) is 56.6 Å². The van der Waals surface area contributed by atoms with Gasteiger partial charge in [-0.25, -0.2) is 15.0 Å². The maximum atomic E-state index is 13.1. The van der Waals surface area contributed by atoms with Crippen LogP contribution in [0.3, 0.4) is 0 Å². The van der Waals surface area contributed by atoms with Gasteiger partial charge in [-0.2, -0.15) is 23.3 Å². The van der Waals surface area contributed by atoms with Crippen LogP contribution in [0.5, 0.6) is 5.88 Å². The molecule has 3 N–H and O–H groups in total. The predicted molar refractivity (Wildman–Crippen MR) is 127 cm³/mol. The molecule has 10 nitrogen and oxygen atoms in total. The second kappa shape index (κ2) is 9.38. The Morgan fingerprint density at radius 1 is 1.11 bits per heavy atom. The number of fused-ring (bicyclic) bond motifs is 1. The number of likely N-dealkylation sites (tertiary alicyclic amines) is 1. The van der Waals surface area contributed by atoms with E-state index >= 15 is 0 Å². The lowest BCUT2D eigenvalue weighted by molar-refractivity contribution is -0.145. The van der Waals surface area contributed by atoms with Crippen LogP contribution in [0, 0.1) is 0 Å². The lowest BCUT2D eigenvalue weighted by Gasteiger charge is -2.45. The number of nitrogens with one attached hydrogen (secondary N) is 1. The van der Waals surface area contributed by atoms with Gasteiger partial charge in [0.25, 0.3) is 0 Å².